The molecule has 6 aromatic carbocycles. The number of phenolic OH excluding ortho intramolecular Hbond substituents is 2. The van der Waals surface area contributed by atoms with Gasteiger partial charge in [0.2, 0.25) is 0 Å². The maximum absolute atomic E-state index is 8.81. The van der Waals surface area contributed by atoms with Crippen LogP contribution in [-0.2, 0) is 26.2 Å². The van der Waals surface area contributed by atoms with Crippen LogP contribution in [-0.4, -0.2) is 10.2 Å². The third kappa shape index (κ3) is 9.77. The van der Waals surface area contributed by atoms with E-state index in [0.717, 1.165) is 11.1 Å². The Balaban J connectivity index is 0.000000163. The Kier molecular flexibility index (Phi) is 11.7. The molecule has 6 aromatic rings. The molecule has 0 aromatic heterocycles. The van der Waals surface area contributed by atoms with E-state index < -0.39 is 0 Å². The molecule has 0 radical (unpaired) electrons. The van der Waals surface area contributed by atoms with Crippen LogP contribution in [0.2, 0.25) is 0 Å². The molecule has 0 unspecified atom stereocenters. The molecule has 2 N–H and O–H groups in total. The van der Waals surface area contributed by atoms with Crippen molar-refractivity contribution in [1.29, 1.82) is 0 Å². The standard InChI is InChI=1S/2C9H7.2C7H8O.Zr/c2*1-2-5-9-7-3-6-8(9)4-1;2*1-6-3-2-4-7(8)5-6;/h2*1-7H;2*2-5,8H,1H3;/q2*-1;;;+2. The van der Waals surface area contributed by atoms with Crippen molar-refractivity contribution in [1.82, 2.24) is 0 Å². The SMILES string of the molecule is Cc1cccc(O)c1.Cc1cccc(O)c1.[Zr+2].c1ccc2[cH-]ccc2c1.c1ccc2[cH-]ccc2c1. The van der Waals surface area contributed by atoms with E-state index in [-0.39, 0.29) is 26.2 Å². The molecule has 0 spiro atoms. The zero-order chi connectivity index (χ0) is 24.2. The molecule has 0 fully saturated rings. The Hall–Kier alpha value is -3.42. The van der Waals surface area contributed by atoms with Crippen molar-refractivity contribution in [2.75, 3.05) is 0 Å². The second kappa shape index (κ2) is 14.8. The summed E-state index contributed by atoms with van der Waals surface area (Å²) in [6, 6.07) is 43.6. The first kappa shape index (κ1) is 27.8. The van der Waals surface area contributed by atoms with Crippen molar-refractivity contribution in [3.8, 4) is 11.5 Å². The molecule has 174 valence electrons. The minimum absolute atomic E-state index is 0. The summed E-state index contributed by atoms with van der Waals surface area (Å²) in [6.07, 6.45) is 0. The van der Waals surface area contributed by atoms with Crippen LogP contribution in [0.3, 0.4) is 0 Å². The number of hydrogen-bond acceptors (Lipinski definition) is 2. The van der Waals surface area contributed by atoms with Gasteiger partial charge in [-0.05, 0) is 49.2 Å². The van der Waals surface area contributed by atoms with Gasteiger partial charge < -0.3 is 10.2 Å². The summed E-state index contributed by atoms with van der Waals surface area (Å²) in [5.74, 6) is 0.676. The normalized spacial score (nSPS) is 9.43. The van der Waals surface area contributed by atoms with Crippen molar-refractivity contribution in [2.24, 2.45) is 0 Å². The molecular weight excluding hydrogens is 508 g/mol. The average Bonchev–Trinajstić information content (AvgIpc) is 3.50. The summed E-state index contributed by atoms with van der Waals surface area (Å²) in [7, 11) is 0. The van der Waals surface area contributed by atoms with E-state index >= 15 is 0 Å². The smallest absolute Gasteiger partial charge is 0.508 e. The molecule has 0 bridgehead atoms. The van der Waals surface area contributed by atoms with Gasteiger partial charge in [-0.25, -0.2) is 0 Å². The van der Waals surface area contributed by atoms with Gasteiger partial charge in [-0.15, -0.1) is 59.3 Å². The van der Waals surface area contributed by atoms with Crippen LogP contribution < -0.4 is 0 Å². The Morgan fingerprint density at radius 2 is 0.886 bits per heavy atom. The van der Waals surface area contributed by atoms with Crippen LogP contribution in [0.25, 0.3) is 21.5 Å². The van der Waals surface area contributed by atoms with Crippen molar-refractivity contribution >= 4 is 21.5 Å². The van der Waals surface area contributed by atoms with Gasteiger partial charge in [-0.2, -0.15) is 35.0 Å². The average molecular weight is 538 g/mol. The largest absolute Gasteiger partial charge is 2.00 e. The molecule has 0 atom stereocenters. The molecule has 0 saturated carbocycles. The van der Waals surface area contributed by atoms with Crippen molar-refractivity contribution in [3.05, 3.63) is 145 Å². The summed E-state index contributed by atoms with van der Waals surface area (Å²) < 4.78 is 0. The Labute approximate surface area is 227 Å². The quantitative estimate of drug-likeness (QED) is 0.191. The number of rotatable bonds is 0. The second-order valence-electron chi connectivity index (χ2n) is 7.99. The van der Waals surface area contributed by atoms with E-state index in [1.165, 1.54) is 21.5 Å². The number of fused-ring (bicyclic) bond motifs is 2. The number of phenols is 2. The van der Waals surface area contributed by atoms with E-state index in [4.69, 9.17) is 10.2 Å². The second-order valence-corrected chi connectivity index (χ2v) is 7.99. The van der Waals surface area contributed by atoms with Gasteiger partial charge in [0.15, 0.2) is 0 Å². The fourth-order valence-corrected chi connectivity index (χ4v) is 3.40. The molecule has 0 aliphatic carbocycles. The number of benzene rings is 4. The van der Waals surface area contributed by atoms with Gasteiger partial charge in [0.05, 0.1) is 0 Å². The molecule has 0 heterocycles. The molecule has 0 amide bonds. The Bertz CT molecular complexity index is 1210. The van der Waals surface area contributed by atoms with Crippen LogP contribution >= 0.6 is 0 Å². The van der Waals surface area contributed by atoms with Crippen LogP contribution in [0.4, 0.5) is 0 Å². The minimum atomic E-state index is 0. The van der Waals surface area contributed by atoms with E-state index in [9.17, 15) is 0 Å². The predicted octanol–water partition coefficient (Wildman–Crippen LogP) is 8.52. The maximum Gasteiger partial charge on any atom is 2.00 e. The molecule has 0 saturated heterocycles. The zero-order valence-corrected chi connectivity index (χ0v) is 22.6. The zero-order valence-electron chi connectivity index (χ0n) is 20.1. The van der Waals surface area contributed by atoms with Gasteiger partial charge in [0.1, 0.15) is 11.5 Å². The summed E-state index contributed by atoms with van der Waals surface area (Å²) >= 11 is 0. The van der Waals surface area contributed by atoms with E-state index in [1.54, 1.807) is 24.3 Å². The van der Waals surface area contributed by atoms with Gasteiger partial charge in [0, 0.05) is 0 Å². The molecule has 3 heteroatoms. The molecule has 0 aliphatic rings. The first-order valence-corrected chi connectivity index (χ1v) is 11.2. The van der Waals surface area contributed by atoms with Gasteiger partial charge >= 0.3 is 26.2 Å². The van der Waals surface area contributed by atoms with E-state index in [1.807, 2.05) is 38.1 Å². The van der Waals surface area contributed by atoms with Gasteiger partial charge in [0.25, 0.3) is 0 Å². The fourth-order valence-electron chi connectivity index (χ4n) is 3.40. The minimum Gasteiger partial charge on any atom is -0.508 e. The molecule has 6 rings (SSSR count). The first-order chi connectivity index (χ1) is 16.5. The fraction of sp³-hybridized carbons (Fsp3) is 0.0625. The monoisotopic (exact) mass is 536 g/mol. The van der Waals surface area contributed by atoms with Crippen molar-refractivity contribution in [3.63, 3.8) is 0 Å². The summed E-state index contributed by atoms with van der Waals surface area (Å²) in [4.78, 5) is 0. The summed E-state index contributed by atoms with van der Waals surface area (Å²) in [6.45, 7) is 3.89. The third-order valence-electron chi connectivity index (χ3n) is 5.10. The number of aromatic hydroxyl groups is 2. The van der Waals surface area contributed by atoms with Crippen molar-refractivity contribution < 1.29 is 36.4 Å². The molecular formula is C32H30O2Zr. The molecule has 2 nitrogen and oxygen atoms in total. The maximum atomic E-state index is 8.81. The van der Waals surface area contributed by atoms with Crippen LogP contribution in [0.1, 0.15) is 11.1 Å². The number of hydrogen-bond donors (Lipinski definition) is 2. The van der Waals surface area contributed by atoms with Crippen LogP contribution in [0.5, 0.6) is 11.5 Å². The van der Waals surface area contributed by atoms with Gasteiger partial charge in [-0.3, -0.25) is 0 Å². The topological polar surface area (TPSA) is 40.5 Å². The molecule has 35 heavy (non-hydrogen) atoms. The van der Waals surface area contributed by atoms with E-state index in [2.05, 4.69) is 84.9 Å². The van der Waals surface area contributed by atoms with Gasteiger partial charge in [-0.1, -0.05) is 36.4 Å². The summed E-state index contributed by atoms with van der Waals surface area (Å²) in [5, 5.41) is 23.0. The third-order valence-corrected chi connectivity index (χ3v) is 5.10. The van der Waals surface area contributed by atoms with Crippen LogP contribution in [0.15, 0.2) is 133 Å². The number of aryl methyl sites for hydroxylation is 2. The predicted molar refractivity (Wildman–Crippen MR) is 145 cm³/mol. The molecule has 0 aliphatic heterocycles. The Morgan fingerprint density at radius 3 is 1.20 bits per heavy atom. The van der Waals surface area contributed by atoms with Crippen molar-refractivity contribution in [2.45, 2.75) is 13.8 Å². The summed E-state index contributed by atoms with van der Waals surface area (Å²) in [5.41, 5.74) is 2.18. The first-order valence-electron chi connectivity index (χ1n) is 11.2. The Morgan fingerprint density at radius 1 is 0.486 bits per heavy atom. The van der Waals surface area contributed by atoms with E-state index in [0.29, 0.717) is 11.5 Å². The van der Waals surface area contributed by atoms with Crippen LogP contribution in [0, 0.1) is 13.8 Å².